The third kappa shape index (κ3) is 3.55. The fourth-order valence-electron chi connectivity index (χ4n) is 2.01. The van der Waals surface area contributed by atoms with Crippen LogP contribution >= 0.6 is 0 Å². The van der Waals surface area contributed by atoms with Crippen molar-refractivity contribution in [3.05, 3.63) is 53.3 Å². The molecular formula is C17H18FNO3. The van der Waals surface area contributed by atoms with Crippen LogP contribution in [-0.2, 0) is 0 Å². The zero-order valence-electron chi connectivity index (χ0n) is 12.8. The van der Waals surface area contributed by atoms with E-state index in [0.29, 0.717) is 34.9 Å². The average Bonchev–Trinajstić information content (AvgIpc) is 2.51. The number of anilines is 1. The first kappa shape index (κ1) is 15.8. The molecule has 0 aliphatic rings. The standard InChI is InChI=1S/C17H18FNO3/c1-4-22-16-10-12(5-8-15(16)21-3)17(20)19-13-6-7-14(18)11(2)9-13/h5-10H,4H2,1-3H3,(H,19,20). The van der Waals surface area contributed by atoms with Gasteiger partial charge < -0.3 is 14.8 Å². The second kappa shape index (κ2) is 6.93. The monoisotopic (exact) mass is 303 g/mol. The maximum Gasteiger partial charge on any atom is 0.255 e. The van der Waals surface area contributed by atoms with Gasteiger partial charge in [0, 0.05) is 11.3 Å². The Morgan fingerprint density at radius 1 is 1.18 bits per heavy atom. The van der Waals surface area contributed by atoms with E-state index in [1.807, 2.05) is 6.92 Å². The molecule has 22 heavy (non-hydrogen) atoms. The van der Waals surface area contributed by atoms with Gasteiger partial charge in [-0.2, -0.15) is 0 Å². The van der Waals surface area contributed by atoms with Crippen LogP contribution in [0.25, 0.3) is 0 Å². The molecule has 1 N–H and O–H groups in total. The lowest BCUT2D eigenvalue weighted by Crippen LogP contribution is -2.12. The van der Waals surface area contributed by atoms with E-state index in [4.69, 9.17) is 9.47 Å². The van der Waals surface area contributed by atoms with Gasteiger partial charge in [-0.05, 0) is 55.8 Å². The van der Waals surface area contributed by atoms with Crippen molar-refractivity contribution >= 4 is 11.6 Å². The third-order valence-corrected chi connectivity index (χ3v) is 3.14. The predicted molar refractivity (Wildman–Crippen MR) is 83.3 cm³/mol. The van der Waals surface area contributed by atoms with Gasteiger partial charge in [0.1, 0.15) is 5.82 Å². The molecule has 2 aromatic carbocycles. The number of hydrogen-bond acceptors (Lipinski definition) is 3. The summed E-state index contributed by atoms with van der Waals surface area (Å²) in [5.74, 6) is 0.472. The van der Waals surface area contributed by atoms with E-state index in [0.717, 1.165) is 0 Å². The molecule has 0 unspecified atom stereocenters. The summed E-state index contributed by atoms with van der Waals surface area (Å²) in [7, 11) is 1.54. The van der Waals surface area contributed by atoms with Crippen LogP contribution in [0.1, 0.15) is 22.8 Å². The minimum Gasteiger partial charge on any atom is -0.493 e. The summed E-state index contributed by atoms with van der Waals surface area (Å²) in [6.45, 7) is 3.97. The van der Waals surface area contributed by atoms with Crippen LogP contribution in [0.3, 0.4) is 0 Å². The Morgan fingerprint density at radius 3 is 2.59 bits per heavy atom. The summed E-state index contributed by atoms with van der Waals surface area (Å²) in [6.07, 6.45) is 0. The van der Waals surface area contributed by atoms with Gasteiger partial charge >= 0.3 is 0 Å². The molecule has 4 nitrogen and oxygen atoms in total. The second-order valence-electron chi connectivity index (χ2n) is 4.72. The first-order valence-electron chi connectivity index (χ1n) is 6.93. The molecule has 0 radical (unpaired) electrons. The lowest BCUT2D eigenvalue weighted by Gasteiger charge is -2.11. The molecule has 0 saturated heterocycles. The van der Waals surface area contributed by atoms with Crippen LogP contribution in [0.5, 0.6) is 11.5 Å². The fraction of sp³-hybridized carbons (Fsp3) is 0.235. The summed E-state index contributed by atoms with van der Waals surface area (Å²) < 4.78 is 23.9. The van der Waals surface area contributed by atoms with Gasteiger partial charge in [-0.1, -0.05) is 0 Å². The lowest BCUT2D eigenvalue weighted by molar-refractivity contribution is 0.102. The van der Waals surface area contributed by atoms with E-state index in [1.54, 1.807) is 38.3 Å². The summed E-state index contributed by atoms with van der Waals surface area (Å²) in [5.41, 5.74) is 1.45. The molecule has 2 aromatic rings. The molecule has 1 amide bonds. The van der Waals surface area contributed by atoms with Crippen molar-refractivity contribution in [2.75, 3.05) is 19.0 Å². The Morgan fingerprint density at radius 2 is 1.95 bits per heavy atom. The van der Waals surface area contributed by atoms with Crippen molar-refractivity contribution < 1.29 is 18.7 Å². The number of halogens is 1. The van der Waals surface area contributed by atoms with Crippen molar-refractivity contribution in [1.82, 2.24) is 0 Å². The normalized spacial score (nSPS) is 10.2. The quantitative estimate of drug-likeness (QED) is 0.914. The molecule has 0 aliphatic carbocycles. The molecule has 0 fully saturated rings. The Bertz CT molecular complexity index is 686. The number of nitrogens with one attached hydrogen (secondary N) is 1. The molecule has 0 aliphatic heterocycles. The lowest BCUT2D eigenvalue weighted by atomic mass is 10.1. The first-order valence-corrected chi connectivity index (χ1v) is 6.93. The Kier molecular flexibility index (Phi) is 4.99. The van der Waals surface area contributed by atoms with Crippen molar-refractivity contribution in [2.24, 2.45) is 0 Å². The van der Waals surface area contributed by atoms with E-state index in [9.17, 15) is 9.18 Å². The van der Waals surface area contributed by atoms with E-state index < -0.39 is 0 Å². The van der Waals surface area contributed by atoms with E-state index in [2.05, 4.69) is 5.32 Å². The zero-order valence-corrected chi connectivity index (χ0v) is 12.8. The third-order valence-electron chi connectivity index (χ3n) is 3.14. The highest BCUT2D eigenvalue weighted by Gasteiger charge is 2.12. The number of carbonyl (C=O) groups excluding carboxylic acids is 1. The highest BCUT2D eigenvalue weighted by molar-refractivity contribution is 6.04. The van der Waals surface area contributed by atoms with Gasteiger partial charge in [-0.15, -0.1) is 0 Å². The van der Waals surface area contributed by atoms with Gasteiger partial charge in [0.2, 0.25) is 0 Å². The van der Waals surface area contributed by atoms with Gasteiger partial charge in [0.15, 0.2) is 11.5 Å². The topological polar surface area (TPSA) is 47.6 Å². The number of rotatable bonds is 5. The van der Waals surface area contributed by atoms with Gasteiger partial charge in [-0.3, -0.25) is 4.79 Å². The van der Waals surface area contributed by atoms with E-state index in [1.165, 1.54) is 12.1 Å². The molecule has 116 valence electrons. The highest BCUT2D eigenvalue weighted by atomic mass is 19.1. The van der Waals surface area contributed by atoms with Crippen molar-refractivity contribution in [2.45, 2.75) is 13.8 Å². The minimum atomic E-state index is -0.305. The molecule has 0 atom stereocenters. The minimum absolute atomic E-state index is 0.297. The van der Waals surface area contributed by atoms with Crippen LogP contribution in [0.4, 0.5) is 10.1 Å². The number of amides is 1. The Labute approximate surface area is 128 Å². The van der Waals surface area contributed by atoms with Crippen LogP contribution in [-0.4, -0.2) is 19.6 Å². The van der Waals surface area contributed by atoms with E-state index >= 15 is 0 Å². The fourth-order valence-corrected chi connectivity index (χ4v) is 2.01. The first-order chi connectivity index (χ1) is 10.5. The number of ether oxygens (including phenoxy) is 2. The van der Waals surface area contributed by atoms with Gasteiger partial charge in [0.25, 0.3) is 5.91 Å². The largest absolute Gasteiger partial charge is 0.493 e. The highest BCUT2D eigenvalue weighted by Crippen LogP contribution is 2.28. The summed E-state index contributed by atoms with van der Waals surface area (Å²) >= 11 is 0. The SMILES string of the molecule is CCOc1cc(C(=O)Nc2ccc(F)c(C)c2)ccc1OC. The molecule has 0 bridgehead atoms. The Hall–Kier alpha value is -2.56. The molecule has 0 aromatic heterocycles. The number of hydrogen-bond donors (Lipinski definition) is 1. The average molecular weight is 303 g/mol. The molecule has 5 heteroatoms. The van der Waals surface area contributed by atoms with Crippen molar-refractivity contribution in [3.8, 4) is 11.5 Å². The van der Waals surface area contributed by atoms with Crippen LogP contribution in [0.2, 0.25) is 0 Å². The molecule has 0 spiro atoms. The van der Waals surface area contributed by atoms with Crippen LogP contribution in [0, 0.1) is 12.7 Å². The van der Waals surface area contributed by atoms with Crippen molar-refractivity contribution in [1.29, 1.82) is 0 Å². The molecule has 2 rings (SSSR count). The van der Waals surface area contributed by atoms with Crippen LogP contribution < -0.4 is 14.8 Å². The molecule has 0 saturated carbocycles. The number of aryl methyl sites for hydroxylation is 1. The summed E-state index contributed by atoms with van der Waals surface area (Å²) in [6, 6.07) is 9.37. The zero-order chi connectivity index (χ0) is 16.1. The van der Waals surface area contributed by atoms with Gasteiger partial charge in [0.05, 0.1) is 13.7 Å². The second-order valence-corrected chi connectivity index (χ2v) is 4.72. The number of benzene rings is 2. The summed E-state index contributed by atoms with van der Waals surface area (Å²) in [4.78, 5) is 12.3. The number of methoxy groups -OCH3 is 1. The Balaban J connectivity index is 2.21. The molecular weight excluding hydrogens is 285 g/mol. The molecule has 0 heterocycles. The maximum atomic E-state index is 13.2. The van der Waals surface area contributed by atoms with Crippen molar-refractivity contribution in [3.63, 3.8) is 0 Å². The maximum absolute atomic E-state index is 13.2. The van der Waals surface area contributed by atoms with Gasteiger partial charge in [-0.25, -0.2) is 4.39 Å². The van der Waals surface area contributed by atoms with Crippen LogP contribution in [0.15, 0.2) is 36.4 Å². The summed E-state index contributed by atoms with van der Waals surface area (Å²) in [5, 5.41) is 2.73. The predicted octanol–water partition coefficient (Wildman–Crippen LogP) is 3.79. The number of carbonyl (C=O) groups is 1. The van der Waals surface area contributed by atoms with E-state index in [-0.39, 0.29) is 11.7 Å². The smallest absolute Gasteiger partial charge is 0.255 e.